The first-order valence-corrected chi connectivity index (χ1v) is 10.6. The summed E-state index contributed by atoms with van der Waals surface area (Å²) in [4.78, 5) is 51.4. The lowest BCUT2D eigenvalue weighted by atomic mass is 10.1. The smallest absolute Gasteiger partial charge is 0.338 e. The molecule has 8 nitrogen and oxygen atoms in total. The number of Topliss-reactive ketones (excluding diaryl/α,β-unsaturated/α-hetero) is 1. The fraction of sp³-hybridized carbons (Fsp3) is 0.182. The van der Waals surface area contributed by atoms with Crippen LogP contribution in [0.3, 0.4) is 0 Å². The Kier molecular flexibility index (Phi) is 6.76. The Balaban J connectivity index is 1.67. The van der Waals surface area contributed by atoms with Gasteiger partial charge >= 0.3 is 11.7 Å². The number of benzene rings is 2. The zero-order chi connectivity index (χ0) is 22.5. The summed E-state index contributed by atoms with van der Waals surface area (Å²) in [5.41, 5.74) is 2.18. The molecule has 3 aromatic rings. The Hall–Kier alpha value is -3.59. The van der Waals surface area contributed by atoms with Crippen molar-refractivity contribution >= 4 is 35.1 Å². The average Bonchev–Trinajstić information content (AvgIpc) is 3.09. The number of hydrogen-bond donors (Lipinski definition) is 2. The Morgan fingerprint density at radius 1 is 1.10 bits per heavy atom. The number of H-pyrrole nitrogens is 1. The molecule has 0 atom stereocenters. The molecule has 0 saturated carbocycles. The number of esters is 1. The van der Waals surface area contributed by atoms with Gasteiger partial charge in [0.25, 0.3) is 0 Å². The molecular formula is C22H21N3O5S. The molecule has 1 amide bonds. The van der Waals surface area contributed by atoms with Gasteiger partial charge in [-0.2, -0.15) is 0 Å². The Morgan fingerprint density at radius 2 is 1.77 bits per heavy atom. The second kappa shape index (κ2) is 9.48. The molecular weight excluding hydrogens is 418 g/mol. The van der Waals surface area contributed by atoms with E-state index in [0.717, 1.165) is 10.6 Å². The van der Waals surface area contributed by atoms with Crippen LogP contribution in [0.15, 0.2) is 58.4 Å². The molecule has 0 fully saturated rings. The van der Waals surface area contributed by atoms with Crippen LogP contribution in [-0.2, 0) is 9.53 Å². The molecule has 1 aromatic heterocycles. The summed E-state index contributed by atoms with van der Waals surface area (Å²) in [6.07, 6.45) is 3.46. The number of ketones is 1. The molecule has 0 aliphatic rings. The minimum absolute atomic E-state index is 0.244. The second-order valence-corrected chi connectivity index (χ2v) is 7.56. The highest BCUT2D eigenvalue weighted by atomic mass is 32.2. The number of nitrogens with one attached hydrogen (secondary N) is 2. The predicted molar refractivity (Wildman–Crippen MR) is 118 cm³/mol. The summed E-state index contributed by atoms with van der Waals surface area (Å²) < 4.78 is 6.62. The second-order valence-electron chi connectivity index (χ2n) is 6.71. The van der Waals surface area contributed by atoms with Crippen LogP contribution in [0.2, 0.25) is 0 Å². The first-order chi connectivity index (χ1) is 14.8. The van der Waals surface area contributed by atoms with E-state index in [-0.39, 0.29) is 17.2 Å². The number of aromatic nitrogens is 2. The average molecular weight is 439 g/mol. The number of hydrogen-bond acceptors (Lipinski definition) is 6. The summed E-state index contributed by atoms with van der Waals surface area (Å²) in [6, 6.07) is 11.2. The predicted octanol–water partition coefficient (Wildman–Crippen LogP) is 3.19. The number of ether oxygens (including phenoxy) is 1. The van der Waals surface area contributed by atoms with E-state index in [0.29, 0.717) is 16.9 Å². The Bertz CT molecular complexity index is 1190. The molecule has 2 aromatic carbocycles. The lowest BCUT2D eigenvalue weighted by molar-refractivity contribution is -0.114. The summed E-state index contributed by atoms with van der Waals surface area (Å²) >= 11 is 1.44. The highest BCUT2D eigenvalue weighted by Crippen LogP contribution is 2.26. The molecule has 0 spiro atoms. The lowest BCUT2D eigenvalue weighted by Gasteiger charge is -2.10. The van der Waals surface area contributed by atoms with Crippen LogP contribution < -0.4 is 11.0 Å². The number of carbonyl (C=O) groups excluding carboxylic acids is 3. The SMILES string of the molecule is CSc1ccc(C(=O)COC(=O)c2ccc(-n3c(C)c[nH]c3=O)cc2)cc1NC(C)=O. The molecule has 1 heterocycles. The molecule has 0 unspecified atom stereocenters. The zero-order valence-corrected chi connectivity index (χ0v) is 18.0. The van der Waals surface area contributed by atoms with E-state index in [4.69, 9.17) is 4.74 Å². The summed E-state index contributed by atoms with van der Waals surface area (Å²) in [5, 5.41) is 2.69. The zero-order valence-electron chi connectivity index (χ0n) is 17.2. The third kappa shape index (κ3) is 5.13. The molecule has 2 N–H and O–H groups in total. The van der Waals surface area contributed by atoms with Crippen molar-refractivity contribution in [1.82, 2.24) is 9.55 Å². The van der Waals surface area contributed by atoms with Gasteiger partial charge in [-0.15, -0.1) is 11.8 Å². The van der Waals surface area contributed by atoms with Crippen molar-refractivity contribution in [2.24, 2.45) is 0 Å². The minimum atomic E-state index is -0.652. The molecule has 0 aliphatic heterocycles. The van der Waals surface area contributed by atoms with E-state index < -0.39 is 18.4 Å². The molecule has 31 heavy (non-hydrogen) atoms. The van der Waals surface area contributed by atoms with Crippen molar-refractivity contribution in [2.75, 3.05) is 18.2 Å². The summed E-state index contributed by atoms with van der Waals surface area (Å²) in [5.74, 6) is -1.29. The van der Waals surface area contributed by atoms with Crippen LogP contribution in [0, 0.1) is 6.92 Å². The first kappa shape index (κ1) is 22.1. The fourth-order valence-electron chi connectivity index (χ4n) is 2.99. The van der Waals surface area contributed by atoms with Crippen LogP contribution >= 0.6 is 11.8 Å². The van der Waals surface area contributed by atoms with E-state index in [1.807, 2.05) is 6.26 Å². The van der Waals surface area contributed by atoms with E-state index in [2.05, 4.69) is 10.3 Å². The number of amides is 1. The Morgan fingerprint density at radius 3 is 2.35 bits per heavy atom. The monoisotopic (exact) mass is 439 g/mol. The van der Waals surface area contributed by atoms with Gasteiger partial charge in [0.2, 0.25) is 5.91 Å². The Labute approximate surface area is 182 Å². The summed E-state index contributed by atoms with van der Waals surface area (Å²) in [7, 11) is 0. The van der Waals surface area contributed by atoms with Gasteiger partial charge in [-0.25, -0.2) is 9.59 Å². The normalized spacial score (nSPS) is 10.5. The van der Waals surface area contributed by atoms with Crippen molar-refractivity contribution in [2.45, 2.75) is 18.7 Å². The maximum absolute atomic E-state index is 12.5. The van der Waals surface area contributed by atoms with Crippen LogP contribution in [0.4, 0.5) is 5.69 Å². The molecule has 0 bridgehead atoms. The molecule has 9 heteroatoms. The molecule has 160 valence electrons. The van der Waals surface area contributed by atoms with E-state index >= 15 is 0 Å². The van der Waals surface area contributed by atoms with E-state index in [1.54, 1.807) is 43.5 Å². The van der Waals surface area contributed by atoms with Gasteiger partial charge in [0.05, 0.1) is 16.9 Å². The number of anilines is 1. The van der Waals surface area contributed by atoms with Crippen molar-refractivity contribution in [3.05, 3.63) is 76.0 Å². The lowest BCUT2D eigenvalue weighted by Crippen LogP contribution is -2.17. The number of nitrogens with zero attached hydrogens (tertiary/aromatic N) is 1. The first-order valence-electron chi connectivity index (χ1n) is 9.33. The van der Waals surface area contributed by atoms with Gasteiger partial charge in [0, 0.05) is 29.3 Å². The minimum Gasteiger partial charge on any atom is -0.454 e. The fourth-order valence-corrected chi connectivity index (χ4v) is 3.52. The molecule has 0 saturated heterocycles. The van der Waals surface area contributed by atoms with Gasteiger partial charge in [0.1, 0.15) is 0 Å². The molecule has 0 radical (unpaired) electrons. The molecule has 3 rings (SSSR count). The number of imidazole rings is 1. The standard InChI is InChI=1S/C22H21N3O5S/c1-13-11-23-22(29)25(13)17-7-4-15(5-8-17)21(28)30-12-19(27)16-6-9-20(31-3)18(10-16)24-14(2)26/h4-11H,12H2,1-3H3,(H,23,29)(H,24,26). The number of aromatic amines is 1. The molecule has 0 aliphatic carbocycles. The van der Waals surface area contributed by atoms with E-state index in [1.165, 1.54) is 35.4 Å². The van der Waals surface area contributed by atoms with Gasteiger partial charge in [-0.1, -0.05) is 6.07 Å². The maximum Gasteiger partial charge on any atom is 0.338 e. The van der Waals surface area contributed by atoms with Gasteiger partial charge in [-0.3, -0.25) is 14.2 Å². The highest BCUT2D eigenvalue weighted by molar-refractivity contribution is 7.98. The van der Waals surface area contributed by atoms with Crippen molar-refractivity contribution in [3.63, 3.8) is 0 Å². The third-order valence-electron chi connectivity index (χ3n) is 4.49. The summed E-state index contributed by atoms with van der Waals surface area (Å²) in [6.45, 7) is 2.74. The largest absolute Gasteiger partial charge is 0.454 e. The number of rotatable bonds is 7. The third-order valence-corrected chi connectivity index (χ3v) is 5.28. The van der Waals surface area contributed by atoms with Gasteiger partial charge in [-0.05, 0) is 49.6 Å². The highest BCUT2D eigenvalue weighted by Gasteiger charge is 2.15. The van der Waals surface area contributed by atoms with Gasteiger partial charge < -0.3 is 15.0 Å². The van der Waals surface area contributed by atoms with Crippen molar-refractivity contribution in [3.8, 4) is 5.69 Å². The van der Waals surface area contributed by atoms with E-state index in [9.17, 15) is 19.2 Å². The van der Waals surface area contributed by atoms with Crippen molar-refractivity contribution < 1.29 is 19.1 Å². The van der Waals surface area contributed by atoms with Gasteiger partial charge in [0.15, 0.2) is 12.4 Å². The number of carbonyl (C=O) groups is 3. The van der Waals surface area contributed by atoms with Crippen LogP contribution in [-0.4, -0.2) is 40.1 Å². The topological polar surface area (TPSA) is 110 Å². The number of aryl methyl sites for hydroxylation is 1. The van der Waals surface area contributed by atoms with Crippen LogP contribution in [0.5, 0.6) is 0 Å². The van der Waals surface area contributed by atoms with Crippen LogP contribution in [0.1, 0.15) is 33.3 Å². The quantitative estimate of drug-likeness (QED) is 0.332. The van der Waals surface area contributed by atoms with Crippen molar-refractivity contribution in [1.29, 1.82) is 0 Å². The number of thioether (sulfide) groups is 1. The maximum atomic E-state index is 12.5. The van der Waals surface area contributed by atoms with Crippen LogP contribution in [0.25, 0.3) is 5.69 Å².